The van der Waals surface area contributed by atoms with Crippen molar-refractivity contribution < 1.29 is 4.79 Å². The van der Waals surface area contributed by atoms with Crippen LogP contribution in [0.4, 0.5) is 5.69 Å². The van der Waals surface area contributed by atoms with E-state index in [1.807, 2.05) is 78.5 Å². The molecule has 0 radical (unpaired) electrons. The second kappa shape index (κ2) is 6.20. The molecule has 0 aliphatic rings. The summed E-state index contributed by atoms with van der Waals surface area (Å²) >= 11 is 0. The third-order valence-electron chi connectivity index (χ3n) is 3.68. The molecule has 4 nitrogen and oxygen atoms in total. The van der Waals surface area contributed by atoms with Gasteiger partial charge in [0.2, 0.25) is 0 Å². The Labute approximate surface area is 134 Å². The van der Waals surface area contributed by atoms with Crippen LogP contribution in [0.5, 0.6) is 0 Å². The van der Waals surface area contributed by atoms with Gasteiger partial charge in [-0.1, -0.05) is 36.4 Å². The third-order valence-corrected chi connectivity index (χ3v) is 3.68. The minimum atomic E-state index is -0.412. The summed E-state index contributed by atoms with van der Waals surface area (Å²) in [5.41, 5.74) is 1.57. The topological polar surface area (TPSA) is 57.8 Å². The van der Waals surface area contributed by atoms with E-state index < -0.39 is 5.91 Å². The highest BCUT2D eigenvalue weighted by atomic mass is 16.1. The van der Waals surface area contributed by atoms with Gasteiger partial charge in [0.25, 0.3) is 5.91 Å². The van der Waals surface area contributed by atoms with Crippen LogP contribution >= 0.6 is 0 Å². The highest BCUT2D eigenvalue weighted by Gasteiger charge is 2.11. The zero-order valence-electron chi connectivity index (χ0n) is 12.7. The van der Waals surface area contributed by atoms with Gasteiger partial charge in [0.1, 0.15) is 11.6 Å². The molecule has 112 valence electrons. The predicted molar refractivity (Wildman–Crippen MR) is 91.6 cm³/mol. The molecule has 0 unspecified atom stereocenters. The van der Waals surface area contributed by atoms with E-state index in [2.05, 4.69) is 5.32 Å². The molecule has 0 fully saturated rings. The van der Waals surface area contributed by atoms with Crippen molar-refractivity contribution in [2.75, 3.05) is 5.32 Å². The van der Waals surface area contributed by atoms with Crippen molar-refractivity contribution >= 4 is 28.4 Å². The van der Waals surface area contributed by atoms with Gasteiger partial charge in [-0.05, 0) is 29.7 Å². The molecule has 3 rings (SSSR count). The quantitative estimate of drug-likeness (QED) is 0.592. The maximum absolute atomic E-state index is 12.4. The number of aromatic nitrogens is 1. The molecule has 1 amide bonds. The number of nitriles is 1. The number of amides is 1. The predicted octanol–water partition coefficient (Wildman–Crippen LogP) is 3.72. The molecule has 1 N–H and O–H groups in total. The Morgan fingerprint density at radius 1 is 1.13 bits per heavy atom. The number of carbonyl (C=O) groups excluding carboxylic acids is 1. The summed E-state index contributed by atoms with van der Waals surface area (Å²) in [6.45, 7) is 0. The number of nitrogens with one attached hydrogen (secondary N) is 1. The fourth-order valence-electron chi connectivity index (χ4n) is 2.44. The van der Waals surface area contributed by atoms with Crippen LogP contribution in [-0.4, -0.2) is 10.5 Å². The Morgan fingerprint density at radius 3 is 2.65 bits per heavy atom. The smallest absolute Gasteiger partial charge is 0.266 e. The zero-order valence-corrected chi connectivity index (χ0v) is 12.7. The molecular weight excluding hydrogens is 286 g/mol. The Morgan fingerprint density at radius 2 is 1.91 bits per heavy atom. The average Bonchev–Trinajstić information content (AvgIpc) is 2.97. The van der Waals surface area contributed by atoms with Crippen molar-refractivity contribution in [3.05, 3.63) is 72.1 Å². The van der Waals surface area contributed by atoms with Crippen LogP contribution in [0.1, 0.15) is 5.69 Å². The highest BCUT2D eigenvalue weighted by Crippen LogP contribution is 2.23. The SMILES string of the molecule is Cn1cccc1/C=C(\C#N)C(=O)Nc1cccc2ccccc12. The number of nitrogens with zero attached hydrogens (tertiary/aromatic N) is 2. The fourth-order valence-corrected chi connectivity index (χ4v) is 2.44. The van der Waals surface area contributed by atoms with Gasteiger partial charge in [-0.2, -0.15) is 5.26 Å². The number of benzene rings is 2. The van der Waals surface area contributed by atoms with E-state index in [9.17, 15) is 10.1 Å². The molecule has 1 aromatic heterocycles. The Balaban J connectivity index is 1.92. The van der Waals surface area contributed by atoms with Gasteiger partial charge in [0, 0.05) is 30.0 Å². The summed E-state index contributed by atoms with van der Waals surface area (Å²) in [7, 11) is 1.86. The summed E-state index contributed by atoms with van der Waals surface area (Å²) < 4.78 is 1.85. The first-order chi connectivity index (χ1) is 11.2. The van der Waals surface area contributed by atoms with Crippen molar-refractivity contribution in [1.82, 2.24) is 4.57 Å². The van der Waals surface area contributed by atoms with Gasteiger partial charge in [0.15, 0.2) is 0 Å². The lowest BCUT2D eigenvalue weighted by Gasteiger charge is -2.08. The summed E-state index contributed by atoms with van der Waals surface area (Å²) in [5, 5.41) is 14.1. The molecular formula is C19H15N3O. The number of aryl methyl sites for hydroxylation is 1. The normalized spacial score (nSPS) is 11.2. The number of anilines is 1. The monoisotopic (exact) mass is 301 g/mol. The molecule has 0 atom stereocenters. The lowest BCUT2D eigenvalue weighted by Crippen LogP contribution is -2.13. The number of hydrogen-bond donors (Lipinski definition) is 1. The maximum Gasteiger partial charge on any atom is 0.266 e. The van der Waals surface area contributed by atoms with E-state index in [-0.39, 0.29) is 5.57 Å². The van der Waals surface area contributed by atoms with Crippen LogP contribution in [0.15, 0.2) is 66.4 Å². The lowest BCUT2D eigenvalue weighted by molar-refractivity contribution is -0.112. The van der Waals surface area contributed by atoms with E-state index in [4.69, 9.17) is 0 Å². The molecule has 0 aliphatic carbocycles. The zero-order chi connectivity index (χ0) is 16.2. The molecule has 0 spiro atoms. The van der Waals surface area contributed by atoms with Crippen molar-refractivity contribution in [2.45, 2.75) is 0 Å². The van der Waals surface area contributed by atoms with Gasteiger partial charge < -0.3 is 9.88 Å². The fraction of sp³-hybridized carbons (Fsp3) is 0.0526. The first-order valence-electron chi connectivity index (χ1n) is 7.21. The molecule has 4 heteroatoms. The van der Waals surface area contributed by atoms with Gasteiger partial charge in [-0.25, -0.2) is 0 Å². The first-order valence-corrected chi connectivity index (χ1v) is 7.21. The van der Waals surface area contributed by atoms with Gasteiger partial charge in [-0.15, -0.1) is 0 Å². The van der Waals surface area contributed by atoms with E-state index >= 15 is 0 Å². The van der Waals surface area contributed by atoms with Crippen LogP contribution in [0.2, 0.25) is 0 Å². The van der Waals surface area contributed by atoms with Crippen molar-refractivity contribution in [3.8, 4) is 6.07 Å². The summed E-state index contributed by atoms with van der Waals surface area (Å²) in [4.78, 5) is 12.4. The van der Waals surface area contributed by atoms with E-state index in [0.29, 0.717) is 5.69 Å². The number of carbonyl (C=O) groups is 1. The maximum atomic E-state index is 12.4. The van der Waals surface area contributed by atoms with Crippen LogP contribution in [-0.2, 0) is 11.8 Å². The molecule has 23 heavy (non-hydrogen) atoms. The minimum Gasteiger partial charge on any atom is -0.351 e. The Hall–Kier alpha value is -3.32. The molecule has 0 aliphatic heterocycles. The highest BCUT2D eigenvalue weighted by molar-refractivity contribution is 6.12. The second-order valence-corrected chi connectivity index (χ2v) is 5.19. The first kappa shape index (κ1) is 14.6. The molecule has 0 saturated heterocycles. The number of rotatable bonds is 3. The second-order valence-electron chi connectivity index (χ2n) is 5.19. The van der Waals surface area contributed by atoms with Crippen LogP contribution < -0.4 is 5.32 Å². The van der Waals surface area contributed by atoms with Gasteiger partial charge in [-0.3, -0.25) is 4.79 Å². The standard InChI is InChI=1S/C19H15N3O/c1-22-11-5-8-16(22)12-15(13-20)19(23)21-18-10-4-7-14-6-2-3-9-17(14)18/h2-12H,1H3,(H,21,23)/b15-12+. The molecule has 0 saturated carbocycles. The average molecular weight is 301 g/mol. The van der Waals surface area contributed by atoms with Gasteiger partial charge >= 0.3 is 0 Å². The van der Waals surface area contributed by atoms with Crippen molar-refractivity contribution in [1.29, 1.82) is 5.26 Å². The lowest BCUT2D eigenvalue weighted by atomic mass is 10.1. The molecule has 2 aromatic carbocycles. The van der Waals surface area contributed by atoms with Gasteiger partial charge in [0.05, 0.1) is 0 Å². The van der Waals surface area contributed by atoms with Crippen LogP contribution in [0.3, 0.4) is 0 Å². The molecule has 3 aromatic rings. The third kappa shape index (κ3) is 2.99. The van der Waals surface area contributed by atoms with E-state index in [1.54, 1.807) is 6.08 Å². The van der Waals surface area contributed by atoms with Crippen LogP contribution in [0, 0.1) is 11.3 Å². The Bertz CT molecular complexity index is 939. The summed E-state index contributed by atoms with van der Waals surface area (Å²) in [6.07, 6.45) is 3.45. The summed E-state index contributed by atoms with van der Waals surface area (Å²) in [6, 6.07) is 19.2. The molecule has 0 bridgehead atoms. The number of hydrogen-bond acceptors (Lipinski definition) is 2. The number of fused-ring (bicyclic) bond motifs is 1. The largest absolute Gasteiger partial charge is 0.351 e. The van der Waals surface area contributed by atoms with E-state index in [0.717, 1.165) is 16.5 Å². The van der Waals surface area contributed by atoms with Crippen LogP contribution in [0.25, 0.3) is 16.8 Å². The summed E-state index contributed by atoms with van der Waals surface area (Å²) in [5.74, 6) is -0.412. The molecule has 1 heterocycles. The van der Waals surface area contributed by atoms with E-state index in [1.165, 1.54) is 0 Å². The minimum absolute atomic E-state index is 0.0692. The van der Waals surface area contributed by atoms with Crippen molar-refractivity contribution in [2.24, 2.45) is 7.05 Å². The Kier molecular flexibility index (Phi) is 3.94. The van der Waals surface area contributed by atoms with Crippen molar-refractivity contribution in [3.63, 3.8) is 0 Å².